The van der Waals surface area contributed by atoms with E-state index in [9.17, 15) is 0 Å². The Morgan fingerprint density at radius 3 is 2.44 bits per heavy atom. The van der Waals surface area contributed by atoms with E-state index in [4.69, 9.17) is 14.2 Å². The minimum atomic E-state index is 0.435. The molecule has 2 fully saturated rings. The van der Waals surface area contributed by atoms with E-state index in [-0.39, 0.29) is 0 Å². The van der Waals surface area contributed by atoms with Gasteiger partial charge in [0.25, 0.3) is 0 Å². The normalized spacial score (nSPS) is 30.3. The van der Waals surface area contributed by atoms with Crippen LogP contribution in [0.3, 0.4) is 0 Å². The van der Waals surface area contributed by atoms with Crippen molar-refractivity contribution in [2.24, 2.45) is 5.41 Å². The fourth-order valence-electron chi connectivity index (χ4n) is 3.27. The van der Waals surface area contributed by atoms with Crippen molar-refractivity contribution in [3.05, 3.63) is 0 Å². The topological polar surface area (TPSA) is 27.7 Å². The second kappa shape index (κ2) is 7.22. The summed E-state index contributed by atoms with van der Waals surface area (Å²) in [5, 5.41) is 0. The molecule has 0 saturated heterocycles. The standard InChI is InChI=1S/C14H25BrO3/c1-16-7-8-17-9-10-18-13-11-12(15)14(13)5-3-2-4-6-14/h12-13H,2-11H2,1H3. The van der Waals surface area contributed by atoms with Crippen molar-refractivity contribution in [1.29, 1.82) is 0 Å². The Hall–Kier alpha value is 0.360. The molecule has 2 unspecified atom stereocenters. The fraction of sp³-hybridized carbons (Fsp3) is 1.00. The lowest BCUT2D eigenvalue weighted by atomic mass is 9.58. The summed E-state index contributed by atoms with van der Waals surface area (Å²) in [5.74, 6) is 0. The van der Waals surface area contributed by atoms with Crippen LogP contribution in [0.15, 0.2) is 0 Å². The van der Waals surface area contributed by atoms with Gasteiger partial charge in [-0.15, -0.1) is 0 Å². The summed E-state index contributed by atoms with van der Waals surface area (Å²) in [7, 11) is 1.69. The fourth-order valence-corrected chi connectivity index (χ4v) is 4.36. The first kappa shape index (κ1) is 14.8. The van der Waals surface area contributed by atoms with Gasteiger partial charge in [-0.2, -0.15) is 0 Å². The molecule has 1 spiro atoms. The zero-order valence-electron chi connectivity index (χ0n) is 11.3. The van der Waals surface area contributed by atoms with Gasteiger partial charge in [0, 0.05) is 17.4 Å². The van der Waals surface area contributed by atoms with E-state index in [0.29, 0.717) is 36.2 Å². The third-order valence-electron chi connectivity index (χ3n) is 4.45. The Kier molecular flexibility index (Phi) is 5.93. The highest BCUT2D eigenvalue weighted by Gasteiger charge is 2.54. The van der Waals surface area contributed by atoms with Gasteiger partial charge < -0.3 is 14.2 Å². The number of rotatable bonds is 7. The molecule has 2 aliphatic carbocycles. The Labute approximate surface area is 119 Å². The second-order valence-corrected chi connectivity index (χ2v) is 6.57. The maximum absolute atomic E-state index is 6.03. The van der Waals surface area contributed by atoms with Crippen molar-refractivity contribution in [1.82, 2.24) is 0 Å². The molecule has 0 aromatic carbocycles. The van der Waals surface area contributed by atoms with Crippen molar-refractivity contribution in [2.45, 2.75) is 49.5 Å². The van der Waals surface area contributed by atoms with Crippen LogP contribution < -0.4 is 0 Å². The zero-order valence-corrected chi connectivity index (χ0v) is 12.9. The van der Waals surface area contributed by atoms with Crippen LogP contribution in [0.1, 0.15) is 38.5 Å². The molecule has 0 aromatic heterocycles. The van der Waals surface area contributed by atoms with Gasteiger partial charge in [-0.05, 0) is 19.3 Å². The number of ether oxygens (including phenoxy) is 3. The van der Waals surface area contributed by atoms with Gasteiger partial charge in [0.2, 0.25) is 0 Å². The molecule has 4 heteroatoms. The Balaban J connectivity index is 1.64. The number of alkyl halides is 1. The third-order valence-corrected chi connectivity index (χ3v) is 5.73. The molecular formula is C14H25BrO3. The van der Waals surface area contributed by atoms with Gasteiger partial charge in [-0.25, -0.2) is 0 Å². The van der Waals surface area contributed by atoms with E-state index >= 15 is 0 Å². The first-order valence-corrected chi connectivity index (χ1v) is 8.03. The van der Waals surface area contributed by atoms with Gasteiger partial charge >= 0.3 is 0 Å². The van der Waals surface area contributed by atoms with E-state index in [1.54, 1.807) is 7.11 Å². The van der Waals surface area contributed by atoms with Crippen LogP contribution in [0.25, 0.3) is 0 Å². The lowest BCUT2D eigenvalue weighted by molar-refractivity contribution is -0.130. The van der Waals surface area contributed by atoms with Crippen molar-refractivity contribution in [3.8, 4) is 0 Å². The maximum atomic E-state index is 6.03. The minimum absolute atomic E-state index is 0.435. The van der Waals surface area contributed by atoms with E-state index in [2.05, 4.69) is 15.9 Å². The second-order valence-electron chi connectivity index (χ2n) is 5.46. The van der Waals surface area contributed by atoms with Crippen LogP contribution in [0.2, 0.25) is 0 Å². The summed E-state index contributed by atoms with van der Waals surface area (Å²) in [6, 6.07) is 0. The molecular weight excluding hydrogens is 296 g/mol. The molecule has 2 rings (SSSR count). The Morgan fingerprint density at radius 1 is 1.06 bits per heavy atom. The van der Waals surface area contributed by atoms with Crippen molar-refractivity contribution in [2.75, 3.05) is 33.5 Å². The summed E-state index contributed by atoms with van der Waals surface area (Å²) in [4.78, 5) is 0.671. The largest absolute Gasteiger partial charge is 0.382 e. The van der Waals surface area contributed by atoms with E-state index in [1.165, 1.54) is 32.1 Å². The molecule has 2 atom stereocenters. The quantitative estimate of drug-likeness (QED) is 0.532. The summed E-state index contributed by atoms with van der Waals surface area (Å²) in [6.07, 6.45) is 8.41. The first-order valence-electron chi connectivity index (χ1n) is 7.12. The molecule has 0 amide bonds. The molecule has 0 N–H and O–H groups in total. The summed E-state index contributed by atoms with van der Waals surface area (Å²) >= 11 is 3.83. The molecule has 0 aliphatic heterocycles. The summed E-state index contributed by atoms with van der Waals surface area (Å²) in [5.41, 5.74) is 0.435. The number of hydrogen-bond donors (Lipinski definition) is 0. The predicted molar refractivity (Wildman–Crippen MR) is 75.3 cm³/mol. The molecule has 0 heterocycles. The van der Waals surface area contributed by atoms with Gasteiger partial charge in [0.05, 0.1) is 32.5 Å². The number of halogens is 1. The average Bonchev–Trinajstić information content (AvgIpc) is 2.42. The maximum Gasteiger partial charge on any atom is 0.0704 e. The molecule has 0 aromatic rings. The van der Waals surface area contributed by atoms with E-state index in [0.717, 1.165) is 13.0 Å². The van der Waals surface area contributed by atoms with Gasteiger partial charge in [-0.3, -0.25) is 0 Å². The molecule has 106 valence electrons. The smallest absolute Gasteiger partial charge is 0.0704 e. The van der Waals surface area contributed by atoms with Crippen LogP contribution in [-0.2, 0) is 14.2 Å². The molecule has 0 radical (unpaired) electrons. The highest BCUT2D eigenvalue weighted by atomic mass is 79.9. The Bertz CT molecular complexity index is 241. The van der Waals surface area contributed by atoms with Gasteiger partial charge in [-0.1, -0.05) is 35.2 Å². The lowest BCUT2D eigenvalue weighted by Crippen LogP contribution is -2.56. The zero-order chi connectivity index (χ0) is 12.8. The molecule has 2 aliphatic rings. The van der Waals surface area contributed by atoms with Crippen LogP contribution in [-0.4, -0.2) is 44.5 Å². The molecule has 18 heavy (non-hydrogen) atoms. The van der Waals surface area contributed by atoms with Crippen molar-refractivity contribution in [3.63, 3.8) is 0 Å². The van der Waals surface area contributed by atoms with Crippen LogP contribution in [0.4, 0.5) is 0 Å². The van der Waals surface area contributed by atoms with Crippen molar-refractivity contribution < 1.29 is 14.2 Å². The van der Waals surface area contributed by atoms with E-state index in [1.807, 2.05) is 0 Å². The van der Waals surface area contributed by atoms with Crippen LogP contribution >= 0.6 is 15.9 Å². The highest BCUT2D eigenvalue weighted by molar-refractivity contribution is 9.09. The predicted octanol–water partition coefficient (Wildman–Crippen LogP) is 3.15. The number of methoxy groups -OCH3 is 1. The van der Waals surface area contributed by atoms with Crippen LogP contribution in [0, 0.1) is 5.41 Å². The highest BCUT2D eigenvalue weighted by Crippen LogP contribution is 2.56. The minimum Gasteiger partial charge on any atom is -0.382 e. The SMILES string of the molecule is COCCOCCOC1CC(Br)C12CCCCC2. The molecule has 3 nitrogen and oxygen atoms in total. The lowest BCUT2D eigenvalue weighted by Gasteiger charge is -2.55. The monoisotopic (exact) mass is 320 g/mol. The number of hydrogen-bond acceptors (Lipinski definition) is 3. The molecule has 0 bridgehead atoms. The first-order chi connectivity index (χ1) is 8.79. The third kappa shape index (κ3) is 3.27. The van der Waals surface area contributed by atoms with Crippen molar-refractivity contribution >= 4 is 15.9 Å². The van der Waals surface area contributed by atoms with E-state index < -0.39 is 0 Å². The van der Waals surface area contributed by atoms with Gasteiger partial charge in [0.15, 0.2) is 0 Å². The average molecular weight is 321 g/mol. The van der Waals surface area contributed by atoms with Crippen LogP contribution in [0.5, 0.6) is 0 Å². The summed E-state index contributed by atoms with van der Waals surface area (Å²) < 4.78 is 16.4. The Morgan fingerprint density at radius 2 is 1.78 bits per heavy atom. The molecule has 2 saturated carbocycles. The van der Waals surface area contributed by atoms with Gasteiger partial charge in [0.1, 0.15) is 0 Å². The summed E-state index contributed by atoms with van der Waals surface area (Å²) in [6.45, 7) is 2.73.